The second-order valence-corrected chi connectivity index (χ2v) is 7.96. The van der Waals surface area contributed by atoms with Crippen LogP contribution >= 0.6 is 11.8 Å². The molecule has 0 unspecified atom stereocenters. The van der Waals surface area contributed by atoms with Gasteiger partial charge in [-0.15, -0.1) is 0 Å². The van der Waals surface area contributed by atoms with Gasteiger partial charge in [0.15, 0.2) is 0 Å². The smallest absolute Gasteiger partial charge is 0.246 e. The highest BCUT2D eigenvalue weighted by Gasteiger charge is 2.12. The molecule has 1 rings (SSSR count). The van der Waals surface area contributed by atoms with Crippen LogP contribution in [0.5, 0.6) is 0 Å². The average molecular weight is 522 g/mol. The van der Waals surface area contributed by atoms with Crippen molar-refractivity contribution >= 4 is 46.4 Å². The summed E-state index contributed by atoms with van der Waals surface area (Å²) in [5.41, 5.74) is 0.875. The highest BCUT2D eigenvalue weighted by Crippen LogP contribution is 2.11. The van der Waals surface area contributed by atoms with Gasteiger partial charge >= 0.3 is 0 Å². The van der Waals surface area contributed by atoms with E-state index in [1.807, 2.05) is 13.8 Å². The fourth-order valence-electron chi connectivity index (χ4n) is 2.23. The lowest BCUT2D eigenvalue weighted by molar-refractivity contribution is -0.128. The third kappa shape index (κ3) is 16.0. The molecule has 0 saturated heterocycles. The predicted molar refractivity (Wildman–Crippen MR) is 139 cm³/mol. The van der Waals surface area contributed by atoms with Gasteiger partial charge in [0.2, 0.25) is 34.7 Å². The van der Waals surface area contributed by atoms with Gasteiger partial charge < -0.3 is 26.6 Å². The Hall–Kier alpha value is -3.67. The molecule has 0 bridgehead atoms. The lowest BCUT2D eigenvalue weighted by Crippen LogP contribution is -2.44. The number of rotatable bonds is 14. The Kier molecular flexibility index (Phi) is 17.6. The first-order chi connectivity index (χ1) is 17.2. The minimum Gasteiger partial charge on any atom is -0.355 e. The Morgan fingerprint density at radius 1 is 0.722 bits per heavy atom. The maximum atomic E-state index is 11.9. The van der Waals surface area contributed by atoms with Gasteiger partial charge in [-0.2, -0.15) is 0 Å². The number of amides is 5. The predicted octanol–water partition coefficient (Wildman–Crippen LogP) is 0.133. The Morgan fingerprint density at radius 2 is 1.19 bits per heavy atom. The van der Waals surface area contributed by atoms with E-state index < -0.39 is 23.6 Å². The lowest BCUT2D eigenvalue weighted by atomic mass is 10.2. The topological polar surface area (TPSA) is 163 Å². The van der Waals surface area contributed by atoms with Gasteiger partial charge in [-0.1, -0.05) is 62.5 Å². The zero-order valence-corrected chi connectivity index (χ0v) is 21.7. The molecule has 198 valence electrons. The molecule has 0 radical (unpaired) electrons. The van der Waals surface area contributed by atoms with Gasteiger partial charge in [-0.05, 0) is 13.3 Å². The molecule has 0 aliphatic heterocycles. The van der Waals surface area contributed by atoms with Crippen molar-refractivity contribution in [2.75, 3.05) is 38.5 Å². The molecular formula is C24H35N5O6S. The molecule has 0 aliphatic carbocycles. The normalized spacial score (nSPS) is 9.53. The van der Waals surface area contributed by atoms with Crippen LogP contribution in [0.2, 0.25) is 0 Å². The van der Waals surface area contributed by atoms with Crippen molar-refractivity contribution in [3.05, 3.63) is 48.0 Å². The zero-order chi connectivity index (χ0) is 27.3. The van der Waals surface area contributed by atoms with E-state index in [0.717, 1.165) is 11.8 Å². The van der Waals surface area contributed by atoms with E-state index in [1.165, 1.54) is 0 Å². The number of carbonyl (C=O) groups excluding carboxylic acids is 6. The highest BCUT2D eigenvalue weighted by molar-refractivity contribution is 8.14. The van der Waals surface area contributed by atoms with Crippen molar-refractivity contribution in [3.8, 4) is 0 Å². The summed E-state index contributed by atoms with van der Waals surface area (Å²) in [5.74, 6) is -2.48. The number of benzene rings is 1. The van der Waals surface area contributed by atoms with E-state index in [4.69, 9.17) is 0 Å². The monoisotopic (exact) mass is 521 g/mol. The fourth-order valence-corrected chi connectivity index (χ4v) is 2.90. The van der Waals surface area contributed by atoms with Crippen molar-refractivity contribution in [2.24, 2.45) is 0 Å². The molecule has 11 nitrogen and oxygen atoms in total. The van der Waals surface area contributed by atoms with Crippen LogP contribution in [0.1, 0.15) is 37.6 Å². The summed E-state index contributed by atoms with van der Waals surface area (Å²) in [4.78, 5) is 70.1. The molecule has 0 spiro atoms. The van der Waals surface area contributed by atoms with Crippen molar-refractivity contribution < 1.29 is 28.8 Å². The van der Waals surface area contributed by atoms with E-state index in [-0.39, 0.29) is 36.4 Å². The molecule has 0 atom stereocenters. The summed E-state index contributed by atoms with van der Waals surface area (Å²) in [6, 6.07) is 8.50. The van der Waals surface area contributed by atoms with Gasteiger partial charge in [0.1, 0.15) is 0 Å². The molecule has 1 aromatic rings. The number of hydrogen-bond acceptors (Lipinski definition) is 7. The van der Waals surface area contributed by atoms with Crippen molar-refractivity contribution in [2.45, 2.75) is 27.2 Å². The van der Waals surface area contributed by atoms with Gasteiger partial charge in [0.25, 0.3) is 0 Å². The van der Waals surface area contributed by atoms with Crippen molar-refractivity contribution in [1.29, 1.82) is 0 Å². The van der Waals surface area contributed by atoms with Crippen LogP contribution < -0.4 is 26.6 Å². The van der Waals surface area contributed by atoms with Crippen LogP contribution in [0, 0.1) is 0 Å². The van der Waals surface area contributed by atoms with E-state index in [1.54, 1.807) is 37.3 Å². The maximum absolute atomic E-state index is 11.9. The van der Waals surface area contributed by atoms with Gasteiger partial charge in [0.05, 0.1) is 25.4 Å². The number of hydrogen-bond donors (Lipinski definition) is 5. The van der Waals surface area contributed by atoms with Gasteiger partial charge in [0, 0.05) is 24.2 Å². The van der Waals surface area contributed by atoms with E-state index in [9.17, 15) is 28.8 Å². The minimum absolute atomic E-state index is 0.142. The first kappa shape index (κ1) is 32.3. The van der Waals surface area contributed by atoms with Crippen LogP contribution in [0.4, 0.5) is 0 Å². The third-order valence-corrected chi connectivity index (χ3v) is 4.94. The SMILES string of the molecule is C=C(C)C(=O)NCCCNC(=O)CNC(=O)CNC(=O)CNC(=O)CSC(=O)c1ccccc1.CC. The Balaban J connectivity index is 0.00000596. The lowest BCUT2D eigenvalue weighted by Gasteiger charge is -2.09. The largest absolute Gasteiger partial charge is 0.355 e. The molecule has 0 fully saturated rings. The van der Waals surface area contributed by atoms with Crippen molar-refractivity contribution in [1.82, 2.24) is 26.6 Å². The van der Waals surface area contributed by atoms with Crippen LogP contribution in [-0.4, -0.2) is 73.1 Å². The standard InChI is InChI=1S/C22H29N5O6S.C2H6/c1-15(2)21(32)24-10-6-9-23-17(28)11-25-18(29)12-26-19(30)13-27-20(31)14-34-22(33)16-7-4-3-5-8-16;1-2/h3-5,7-8H,1,6,9-14H2,2H3,(H,23,28)(H,24,32)(H,25,29)(H,26,30)(H,27,31);1-2H3. The summed E-state index contributed by atoms with van der Waals surface area (Å²) in [6.07, 6.45) is 0.513. The Labute approximate surface area is 215 Å². The van der Waals surface area contributed by atoms with Crippen LogP contribution in [-0.2, 0) is 24.0 Å². The number of thioether (sulfide) groups is 1. The van der Waals surface area contributed by atoms with Crippen LogP contribution in [0.3, 0.4) is 0 Å². The maximum Gasteiger partial charge on any atom is 0.246 e. The van der Waals surface area contributed by atoms with Gasteiger partial charge in [-0.3, -0.25) is 28.8 Å². The number of nitrogens with one attached hydrogen (secondary N) is 5. The molecule has 36 heavy (non-hydrogen) atoms. The Bertz CT molecular complexity index is 908. The third-order valence-electron chi connectivity index (χ3n) is 4.03. The molecule has 0 aromatic heterocycles. The van der Waals surface area contributed by atoms with E-state index in [2.05, 4.69) is 33.2 Å². The molecular weight excluding hydrogens is 486 g/mol. The summed E-state index contributed by atoms with van der Waals surface area (Å²) >= 11 is 0.821. The minimum atomic E-state index is -0.593. The second kappa shape index (κ2) is 19.6. The van der Waals surface area contributed by atoms with Crippen LogP contribution in [0.25, 0.3) is 0 Å². The first-order valence-corrected chi connectivity index (χ1v) is 12.4. The highest BCUT2D eigenvalue weighted by atomic mass is 32.2. The molecule has 1 aromatic carbocycles. The molecule has 0 heterocycles. The summed E-state index contributed by atoms with van der Waals surface area (Å²) in [7, 11) is 0. The molecule has 12 heteroatoms. The molecule has 0 aliphatic rings. The zero-order valence-electron chi connectivity index (χ0n) is 20.9. The average Bonchev–Trinajstić information content (AvgIpc) is 2.89. The number of carbonyl (C=O) groups is 6. The summed E-state index contributed by atoms with van der Waals surface area (Å²) in [5, 5.41) is 12.0. The molecule has 5 N–H and O–H groups in total. The summed E-state index contributed by atoms with van der Waals surface area (Å²) < 4.78 is 0. The van der Waals surface area contributed by atoms with Crippen molar-refractivity contribution in [3.63, 3.8) is 0 Å². The van der Waals surface area contributed by atoms with Crippen LogP contribution in [0.15, 0.2) is 42.5 Å². The van der Waals surface area contributed by atoms with Gasteiger partial charge in [-0.25, -0.2) is 0 Å². The fraction of sp³-hybridized carbons (Fsp3) is 0.417. The van der Waals surface area contributed by atoms with E-state index in [0.29, 0.717) is 30.6 Å². The first-order valence-electron chi connectivity index (χ1n) is 11.4. The quantitative estimate of drug-likeness (QED) is 0.172. The molecule has 5 amide bonds. The molecule has 0 saturated carbocycles. The van der Waals surface area contributed by atoms with E-state index >= 15 is 0 Å². The summed E-state index contributed by atoms with van der Waals surface area (Å²) in [6.45, 7) is 8.81. The second-order valence-electron chi connectivity index (χ2n) is 7.01. The Morgan fingerprint density at radius 3 is 1.72 bits per heavy atom.